The molecule has 0 spiro atoms. The van der Waals surface area contributed by atoms with Crippen LogP contribution in [0.25, 0.3) is 11.0 Å². The highest BCUT2D eigenvalue weighted by atomic mass is 16.5. The Labute approximate surface area is 172 Å². The Bertz CT molecular complexity index is 1110. The third kappa shape index (κ3) is 4.19. The van der Waals surface area contributed by atoms with E-state index in [4.69, 9.17) is 14.2 Å². The number of Topliss-reactive ketones (excluding diaryl/α,β-unsaturated/α-hetero) is 1. The van der Waals surface area contributed by atoms with Crippen LogP contribution in [0.1, 0.15) is 11.6 Å². The van der Waals surface area contributed by atoms with Gasteiger partial charge in [0, 0.05) is 6.07 Å². The lowest BCUT2D eigenvalue weighted by Crippen LogP contribution is -2.34. The third-order valence-corrected chi connectivity index (χ3v) is 4.34. The molecule has 1 atom stereocenters. The van der Waals surface area contributed by atoms with Gasteiger partial charge in [0.25, 0.3) is 5.91 Å². The van der Waals surface area contributed by atoms with Crippen LogP contribution >= 0.6 is 0 Å². The zero-order valence-electron chi connectivity index (χ0n) is 16.5. The number of hydrogen-bond acceptors (Lipinski definition) is 8. The van der Waals surface area contributed by atoms with Crippen molar-refractivity contribution in [3.63, 3.8) is 0 Å². The fourth-order valence-corrected chi connectivity index (χ4v) is 2.82. The lowest BCUT2D eigenvalue weighted by atomic mass is 9.99. The number of fused-ring (bicyclic) bond motifs is 1. The van der Waals surface area contributed by atoms with E-state index in [2.05, 4.69) is 15.3 Å². The van der Waals surface area contributed by atoms with Gasteiger partial charge in [0.1, 0.15) is 11.5 Å². The molecule has 0 fully saturated rings. The first-order chi connectivity index (χ1) is 14.5. The van der Waals surface area contributed by atoms with Crippen LogP contribution in [0.2, 0.25) is 0 Å². The van der Waals surface area contributed by atoms with Crippen LogP contribution in [-0.2, 0) is 19.1 Å². The first-order valence-electron chi connectivity index (χ1n) is 8.85. The maximum absolute atomic E-state index is 12.9. The minimum absolute atomic E-state index is 0.0123. The SMILES string of the molecule is COC(=O)[C@@H](C(=O)C(=O)Nc1cc(OC)ccc1OC)c1cnc2ccccc2n1. The van der Waals surface area contributed by atoms with E-state index in [1.165, 1.54) is 26.5 Å². The number of ketones is 1. The maximum atomic E-state index is 12.9. The zero-order valence-corrected chi connectivity index (χ0v) is 16.5. The Morgan fingerprint density at radius 3 is 2.37 bits per heavy atom. The number of carbonyl (C=O) groups excluding carboxylic acids is 3. The molecule has 1 amide bonds. The molecular formula is C21H19N3O6. The van der Waals surface area contributed by atoms with E-state index in [0.29, 0.717) is 22.5 Å². The highest BCUT2D eigenvalue weighted by Gasteiger charge is 2.36. The quantitative estimate of drug-likeness (QED) is 0.358. The van der Waals surface area contributed by atoms with Gasteiger partial charge in [0.15, 0.2) is 5.92 Å². The molecule has 1 N–H and O–H groups in total. The highest BCUT2D eigenvalue weighted by molar-refractivity contribution is 6.45. The molecule has 9 nitrogen and oxygen atoms in total. The van der Waals surface area contributed by atoms with Gasteiger partial charge in [-0.3, -0.25) is 19.4 Å². The minimum Gasteiger partial charge on any atom is -0.497 e. The Kier molecular flexibility index (Phi) is 6.21. The number of ether oxygens (including phenoxy) is 3. The molecule has 154 valence electrons. The molecule has 0 saturated heterocycles. The largest absolute Gasteiger partial charge is 0.497 e. The number of nitrogens with one attached hydrogen (secondary N) is 1. The predicted molar refractivity (Wildman–Crippen MR) is 107 cm³/mol. The van der Waals surface area contributed by atoms with Crippen molar-refractivity contribution in [3.05, 3.63) is 54.4 Å². The van der Waals surface area contributed by atoms with Gasteiger partial charge in [-0.1, -0.05) is 12.1 Å². The van der Waals surface area contributed by atoms with E-state index >= 15 is 0 Å². The number of aromatic nitrogens is 2. The second-order valence-corrected chi connectivity index (χ2v) is 6.12. The summed E-state index contributed by atoms with van der Waals surface area (Å²) in [5.74, 6) is -3.80. The van der Waals surface area contributed by atoms with E-state index < -0.39 is 23.6 Å². The van der Waals surface area contributed by atoms with Crippen molar-refractivity contribution in [2.24, 2.45) is 0 Å². The van der Waals surface area contributed by atoms with Crippen molar-refractivity contribution in [1.29, 1.82) is 0 Å². The lowest BCUT2D eigenvalue weighted by Gasteiger charge is -2.15. The molecule has 2 aromatic carbocycles. The van der Waals surface area contributed by atoms with Gasteiger partial charge >= 0.3 is 5.97 Å². The number of carbonyl (C=O) groups is 3. The first-order valence-corrected chi connectivity index (χ1v) is 8.85. The van der Waals surface area contributed by atoms with E-state index in [-0.39, 0.29) is 11.4 Å². The summed E-state index contributed by atoms with van der Waals surface area (Å²) in [7, 11) is 4.01. The van der Waals surface area contributed by atoms with Crippen LogP contribution in [0.3, 0.4) is 0 Å². The van der Waals surface area contributed by atoms with Crippen molar-refractivity contribution in [2.75, 3.05) is 26.6 Å². The van der Waals surface area contributed by atoms with Crippen molar-refractivity contribution >= 4 is 34.4 Å². The fraction of sp³-hybridized carbons (Fsp3) is 0.190. The molecule has 0 aliphatic carbocycles. The average Bonchev–Trinajstić information content (AvgIpc) is 2.78. The number of amides is 1. The third-order valence-electron chi connectivity index (χ3n) is 4.34. The highest BCUT2D eigenvalue weighted by Crippen LogP contribution is 2.29. The molecule has 0 aliphatic rings. The van der Waals surface area contributed by atoms with Crippen molar-refractivity contribution in [2.45, 2.75) is 5.92 Å². The zero-order chi connectivity index (χ0) is 21.7. The van der Waals surface area contributed by atoms with Gasteiger partial charge in [0.05, 0.1) is 49.9 Å². The number of nitrogens with zero attached hydrogens (tertiary/aromatic N) is 2. The van der Waals surface area contributed by atoms with Gasteiger partial charge in [-0.25, -0.2) is 4.98 Å². The molecule has 0 saturated carbocycles. The summed E-state index contributed by atoms with van der Waals surface area (Å²) in [5.41, 5.74) is 1.29. The van der Waals surface area contributed by atoms with E-state index in [1.807, 2.05) is 0 Å². The molecule has 3 rings (SSSR count). The van der Waals surface area contributed by atoms with Gasteiger partial charge < -0.3 is 19.5 Å². The molecule has 0 unspecified atom stereocenters. The van der Waals surface area contributed by atoms with Gasteiger partial charge in [-0.05, 0) is 24.3 Å². The van der Waals surface area contributed by atoms with E-state index in [0.717, 1.165) is 7.11 Å². The standard InChI is InChI=1S/C21H19N3O6/c1-28-12-8-9-17(29-2)15(10-12)24-20(26)19(25)18(21(27)30-3)16-11-22-13-6-4-5-7-14(13)23-16/h4-11,18H,1-3H3,(H,24,26)/t18-/m1/s1. The summed E-state index contributed by atoms with van der Waals surface area (Å²) in [4.78, 5) is 46.4. The van der Waals surface area contributed by atoms with Crippen molar-refractivity contribution < 1.29 is 28.6 Å². The van der Waals surface area contributed by atoms with E-state index in [1.54, 1.807) is 36.4 Å². The van der Waals surface area contributed by atoms with Gasteiger partial charge in [0.2, 0.25) is 5.78 Å². The van der Waals surface area contributed by atoms with Crippen LogP contribution in [0.5, 0.6) is 11.5 Å². The molecule has 0 bridgehead atoms. The maximum Gasteiger partial charge on any atom is 0.323 e. The molecule has 3 aromatic rings. The minimum atomic E-state index is -1.57. The first kappa shape index (κ1) is 20.7. The molecule has 0 aliphatic heterocycles. The van der Waals surface area contributed by atoms with Crippen LogP contribution in [0.15, 0.2) is 48.7 Å². The number of benzene rings is 2. The summed E-state index contributed by atoms with van der Waals surface area (Å²) in [6.45, 7) is 0. The summed E-state index contributed by atoms with van der Waals surface area (Å²) in [6.07, 6.45) is 1.28. The Hall–Kier alpha value is -4.01. The predicted octanol–water partition coefficient (Wildman–Crippen LogP) is 2.11. The fourth-order valence-electron chi connectivity index (χ4n) is 2.82. The topological polar surface area (TPSA) is 117 Å². The van der Waals surface area contributed by atoms with Crippen LogP contribution < -0.4 is 14.8 Å². The number of esters is 1. The summed E-state index contributed by atoms with van der Waals surface area (Å²) < 4.78 is 15.0. The lowest BCUT2D eigenvalue weighted by molar-refractivity contribution is -0.148. The molecule has 9 heteroatoms. The second-order valence-electron chi connectivity index (χ2n) is 6.12. The van der Waals surface area contributed by atoms with E-state index in [9.17, 15) is 14.4 Å². The van der Waals surface area contributed by atoms with Gasteiger partial charge in [-0.15, -0.1) is 0 Å². The number of hydrogen-bond donors (Lipinski definition) is 1. The molecule has 0 radical (unpaired) electrons. The summed E-state index contributed by atoms with van der Waals surface area (Å²) in [5, 5.41) is 2.45. The number of methoxy groups -OCH3 is 3. The Morgan fingerprint density at radius 1 is 0.967 bits per heavy atom. The number of para-hydroxylation sites is 2. The van der Waals surface area contributed by atoms with Crippen LogP contribution in [0.4, 0.5) is 5.69 Å². The van der Waals surface area contributed by atoms with Crippen LogP contribution in [0, 0.1) is 0 Å². The van der Waals surface area contributed by atoms with Crippen molar-refractivity contribution in [3.8, 4) is 11.5 Å². The molecule has 30 heavy (non-hydrogen) atoms. The second kappa shape index (κ2) is 8.99. The number of rotatable bonds is 7. The Balaban J connectivity index is 1.93. The van der Waals surface area contributed by atoms with Crippen molar-refractivity contribution in [1.82, 2.24) is 9.97 Å². The molecule has 1 heterocycles. The Morgan fingerprint density at radius 2 is 1.70 bits per heavy atom. The molecular weight excluding hydrogens is 390 g/mol. The summed E-state index contributed by atoms with van der Waals surface area (Å²) >= 11 is 0. The van der Waals surface area contributed by atoms with Crippen LogP contribution in [-0.4, -0.2) is 49.0 Å². The molecule has 1 aromatic heterocycles. The summed E-state index contributed by atoms with van der Waals surface area (Å²) in [6, 6.07) is 11.7. The monoisotopic (exact) mass is 409 g/mol. The number of anilines is 1. The van der Waals surface area contributed by atoms with Gasteiger partial charge in [-0.2, -0.15) is 0 Å². The normalized spacial score (nSPS) is 11.4. The smallest absolute Gasteiger partial charge is 0.323 e. The average molecular weight is 409 g/mol.